The van der Waals surface area contributed by atoms with Gasteiger partial charge in [-0.2, -0.15) is 0 Å². The van der Waals surface area contributed by atoms with Crippen LogP contribution in [0.4, 0.5) is 5.69 Å². The Labute approximate surface area is 171 Å². The number of carbonyl (C=O) groups excluding carboxylic acids is 1. The fourth-order valence-electron chi connectivity index (χ4n) is 2.73. The maximum Gasteiger partial charge on any atom is 0.316 e. The molecule has 0 aromatic heterocycles. The normalized spacial score (nSPS) is 11.7. The summed E-state index contributed by atoms with van der Waals surface area (Å²) >= 11 is 0. The molecule has 0 heterocycles. The minimum atomic E-state index is -0.972. The van der Waals surface area contributed by atoms with Gasteiger partial charge in [0, 0.05) is 34.3 Å². The molecule has 2 aromatic rings. The number of hydrogen-bond acceptors (Lipinski definition) is 8. The Morgan fingerprint density at radius 1 is 1.17 bits per heavy atom. The standard InChI is InChI=1S/C19H19N9O2/c20-8-16(9-21)18(10-22)28(24)17-6-14(5-15(7-17)19(29)26-30)13-3-1-12(2-4-13)11-25-27-23/h1-10,16,20-21H,11,22,24H2/b18-10-,20-8?,21-9?. The molecule has 2 aromatic carbocycles. The Balaban J connectivity index is 2.55. The Morgan fingerprint density at radius 3 is 2.37 bits per heavy atom. The fraction of sp³-hybridized carbons (Fsp3) is 0.105. The molecule has 30 heavy (non-hydrogen) atoms. The van der Waals surface area contributed by atoms with Gasteiger partial charge in [-0.05, 0) is 40.4 Å². The van der Waals surface area contributed by atoms with Crippen LogP contribution in [0, 0.1) is 21.6 Å². The highest BCUT2D eigenvalue weighted by molar-refractivity contribution is 5.97. The lowest BCUT2D eigenvalue weighted by molar-refractivity contribution is 0.100. The van der Waals surface area contributed by atoms with E-state index in [9.17, 15) is 9.70 Å². The van der Waals surface area contributed by atoms with Crippen LogP contribution in [0.3, 0.4) is 0 Å². The first kappa shape index (κ1) is 22.0. The third-order valence-electron chi connectivity index (χ3n) is 4.28. The average molecular weight is 405 g/mol. The van der Waals surface area contributed by atoms with Gasteiger partial charge < -0.3 is 16.6 Å². The molecule has 152 valence electrons. The van der Waals surface area contributed by atoms with E-state index in [0.29, 0.717) is 16.8 Å². The van der Waals surface area contributed by atoms with E-state index in [1.54, 1.807) is 30.3 Å². The van der Waals surface area contributed by atoms with Crippen molar-refractivity contribution < 1.29 is 4.79 Å². The van der Waals surface area contributed by atoms with Gasteiger partial charge in [0.15, 0.2) is 0 Å². The van der Waals surface area contributed by atoms with Crippen LogP contribution >= 0.6 is 0 Å². The Bertz CT molecular complexity index is 1030. The van der Waals surface area contributed by atoms with E-state index >= 15 is 0 Å². The number of amides is 1. The average Bonchev–Trinajstić information content (AvgIpc) is 2.80. The molecule has 0 aliphatic carbocycles. The van der Waals surface area contributed by atoms with Gasteiger partial charge in [-0.3, -0.25) is 9.80 Å². The van der Waals surface area contributed by atoms with Gasteiger partial charge in [0.2, 0.25) is 0 Å². The van der Waals surface area contributed by atoms with Crippen molar-refractivity contribution in [1.29, 1.82) is 10.8 Å². The molecule has 0 unspecified atom stereocenters. The molecule has 2 rings (SSSR count). The van der Waals surface area contributed by atoms with E-state index < -0.39 is 11.8 Å². The Kier molecular flexibility index (Phi) is 7.52. The van der Waals surface area contributed by atoms with Crippen LogP contribution in [-0.2, 0) is 6.54 Å². The number of rotatable bonds is 9. The van der Waals surface area contributed by atoms with Crippen LogP contribution in [-0.4, -0.2) is 18.3 Å². The van der Waals surface area contributed by atoms with Gasteiger partial charge in [0.05, 0.1) is 23.8 Å². The zero-order valence-corrected chi connectivity index (χ0v) is 15.8. The summed E-state index contributed by atoms with van der Waals surface area (Å²) in [7, 11) is 0. The first-order valence-electron chi connectivity index (χ1n) is 8.59. The first-order chi connectivity index (χ1) is 14.5. The maximum absolute atomic E-state index is 11.9. The van der Waals surface area contributed by atoms with Gasteiger partial charge >= 0.3 is 5.91 Å². The Hall–Kier alpha value is -4.34. The van der Waals surface area contributed by atoms with Gasteiger partial charge in [-0.25, -0.2) is 5.84 Å². The fourth-order valence-corrected chi connectivity index (χ4v) is 2.73. The number of hydrazine groups is 1. The number of allylic oxidation sites excluding steroid dienone is 1. The molecule has 6 N–H and O–H groups in total. The van der Waals surface area contributed by atoms with Crippen molar-refractivity contribution in [2.24, 2.45) is 27.8 Å². The predicted molar refractivity (Wildman–Crippen MR) is 115 cm³/mol. The third-order valence-corrected chi connectivity index (χ3v) is 4.28. The lowest BCUT2D eigenvalue weighted by Gasteiger charge is -2.25. The maximum atomic E-state index is 11.9. The monoisotopic (exact) mass is 405 g/mol. The molecule has 11 heteroatoms. The van der Waals surface area contributed by atoms with Crippen LogP contribution in [0.1, 0.15) is 15.9 Å². The Morgan fingerprint density at radius 2 is 1.83 bits per heavy atom. The van der Waals surface area contributed by atoms with Crippen molar-refractivity contribution in [3.63, 3.8) is 0 Å². The van der Waals surface area contributed by atoms with Crippen molar-refractivity contribution >= 4 is 24.0 Å². The smallest absolute Gasteiger partial charge is 0.316 e. The van der Waals surface area contributed by atoms with E-state index in [1.807, 2.05) is 0 Å². The second-order valence-electron chi connectivity index (χ2n) is 6.07. The molecule has 0 spiro atoms. The van der Waals surface area contributed by atoms with Crippen molar-refractivity contribution in [1.82, 2.24) is 0 Å². The molecule has 0 radical (unpaired) electrons. The van der Waals surface area contributed by atoms with E-state index in [1.165, 1.54) is 12.1 Å². The molecular weight excluding hydrogens is 386 g/mol. The molecule has 0 bridgehead atoms. The predicted octanol–water partition coefficient (Wildman–Crippen LogP) is 3.47. The van der Waals surface area contributed by atoms with Crippen LogP contribution < -0.4 is 16.6 Å². The summed E-state index contributed by atoms with van der Waals surface area (Å²) < 4.78 is 0. The summed E-state index contributed by atoms with van der Waals surface area (Å²) in [6.45, 7) is 0.200. The molecular formula is C19H19N9O2. The zero-order chi connectivity index (χ0) is 22.1. The lowest BCUT2D eigenvalue weighted by Crippen LogP contribution is -2.35. The van der Waals surface area contributed by atoms with Crippen LogP contribution in [0.2, 0.25) is 0 Å². The minimum Gasteiger partial charge on any atom is -0.403 e. The molecule has 0 aliphatic heterocycles. The molecule has 0 aliphatic rings. The van der Waals surface area contributed by atoms with Gasteiger partial charge in [0.25, 0.3) is 0 Å². The number of nitrogens with two attached hydrogens (primary N) is 2. The van der Waals surface area contributed by atoms with E-state index in [0.717, 1.165) is 29.2 Å². The summed E-state index contributed by atoms with van der Waals surface area (Å²) in [6, 6.07) is 11.6. The summed E-state index contributed by atoms with van der Waals surface area (Å²) in [4.78, 5) is 25.4. The van der Waals surface area contributed by atoms with Gasteiger partial charge in [0.1, 0.15) is 0 Å². The second kappa shape index (κ2) is 10.3. The molecule has 1 amide bonds. The number of azide groups is 1. The van der Waals surface area contributed by atoms with Crippen LogP contribution in [0.15, 0.2) is 64.7 Å². The zero-order valence-electron chi connectivity index (χ0n) is 15.8. The largest absolute Gasteiger partial charge is 0.403 e. The van der Waals surface area contributed by atoms with Crippen molar-refractivity contribution in [2.45, 2.75) is 6.54 Å². The quantitative estimate of drug-likeness (QED) is 0.0939. The van der Waals surface area contributed by atoms with Crippen molar-refractivity contribution in [3.8, 4) is 11.1 Å². The highest BCUT2D eigenvalue weighted by atomic mass is 16.3. The number of nitrogens with zero attached hydrogens (tertiary/aromatic N) is 5. The SMILES string of the molecule is [N-]=[N+]=NCc1ccc(-c2cc(C(=O)N=O)cc(N(N)/C(=C\N)C(C=N)C=N)c2)cc1. The van der Waals surface area contributed by atoms with Gasteiger partial charge in [-0.15, -0.1) is 4.91 Å². The van der Waals surface area contributed by atoms with E-state index in [2.05, 4.69) is 15.2 Å². The molecule has 0 atom stereocenters. The number of hydrogen-bond donors (Lipinski definition) is 4. The second-order valence-corrected chi connectivity index (χ2v) is 6.07. The van der Waals surface area contributed by atoms with Crippen LogP contribution in [0.25, 0.3) is 21.6 Å². The minimum absolute atomic E-state index is 0.0173. The number of nitroso groups, excluding NO2 is 1. The lowest BCUT2D eigenvalue weighted by atomic mass is 9.99. The first-order valence-corrected chi connectivity index (χ1v) is 8.59. The topological polar surface area (TPSA) is 198 Å². The highest BCUT2D eigenvalue weighted by Crippen LogP contribution is 2.29. The van der Waals surface area contributed by atoms with Crippen molar-refractivity contribution in [3.05, 3.63) is 80.8 Å². The summed E-state index contributed by atoms with van der Waals surface area (Å²) in [6.07, 6.45) is 3.16. The number of anilines is 1. The molecule has 11 nitrogen and oxygen atoms in total. The van der Waals surface area contributed by atoms with E-state index in [-0.39, 0.29) is 17.8 Å². The van der Waals surface area contributed by atoms with Gasteiger partial charge in [-0.1, -0.05) is 29.4 Å². The molecule has 0 saturated carbocycles. The summed E-state index contributed by atoms with van der Waals surface area (Å²) in [5.41, 5.74) is 16.7. The van der Waals surface area contributed by atoms with E-state index in [4.69, 9.17) is 27.9 Å². The molecule has 0 saturated heterocycles. The summed E-state index contributed by atoms with van der Waals surface area (Å²) in [5.74, 6) is 4.41. The number of nitrogens with one attached hydrogen (secondary N) is 2. The summed E-state index contributed by atoms with van der Waals surface area (Å²) in [5, 5.41) is 22.0. The molecule has 0 fully saturated rings. The highest BCUT2D eigenvalue weighted by Gasteiger charge is 2.19. The number of benzene rings is 2. The van der Waals surface area contributed by atoms with Crippen molar-refractivity contribution in [2.75, 3.05) is 5.01 Å². The third kappa shape index (κ3) is 4.93. The number of carbonyl (C=O) groups is 1. The van der Waals surface area contributed by atoms with Crippen LogP contribution in [0.5, 0.6) is 0 Å².